The Balaban J connectivity index is 2.25. The third-order valence-electron chi connectivity index (χ3n) is 3.14. The Labute approximate surface area is 124 Å². The van der Waals surface area contributed by atoms with Gasteiger partial charge in [0.15, 0.2) is 11.5 Å². The third kappa shape index (κ3) is 3.37. The summed E-state index contributed by atoms with van der Waals surface area (Å²) in [6, 6.07) is 5.28. The van der Waals surface area contributed by atoms with Crippen LogP contribution in [0.5, 0.6) is 11.5 Å². The summed E-state index contributed by atoms with van der Waals surface area (Å²) in [5.41, 5.74) is 6.69. The molecule has 0 atom stereocenters. The second-order valence-electron chi connectivity index (χ2n) is 5.35. The molecule has 0 aromatic heterocycles. The number of nitriles is 1. The molecule has 0 saturated carbocycles. The van der Waals surface area contributed by atoms with Crippen LogP contribution in [0, 0.1) is 17.2 Å². The van der Waals surface area contributed by atoms with Gasteiger partial charge >= 0.3 is 0 Å². The van der Waals surface area contributed by atoms with Crippen LogP contribution < -0.4 is 15.2 Å². The van der Waals surface area contributed by atoms with E-state index in [9.17, 15) is 4.79 Å². The van der Waals surface area contributed by atoms with Crippen LogP contribution in [0.25, 0.3) is 0 Å². The molecule has 0 radical (unpaired) electrons. The van der Waals surface area contributed by atoms with E-state index in [1.54, 1.807) is 17.0 Å². The van der Waals surface area contributed by atoms with E-state index < -0.39 is 0 Å². The number of nitrogens with two attached hydrogens (primary N) is 1. The van der Waals surface area contributed by atoms with Gasteiger partial charge in [-0.25, -0.2) is 0 Å². The molecule has 0 fully saturated rings. The number of benzene rings is 1. The summed E-state index contributed by atoms with van der Waals surface area (Å²) < 4.78 is 10.5. The molecule has 0 bridgehead atoms. The second-order valence-corrected chi connectivity index (χ2v) is 5.35. The zero-order valence-corrected chi connectivity index (χ0v) is 12.3. The average molecular weight is 289 g/mol. The summed E-state index contributed by atoms with van der Waals surface area (Å²) in [6.07, 6.45) is 0.295. The van der Waals surface area contributed by atoms with E-state index in [0.29, 0.717) is 48.2 Å². The van der Waals surface area contributed by atoms with Crippen molar-refractivity contribution in [3.8, 4) is 17.6 Å². The fraction of sp³-hybridized carbons (Fsp3) is 0.467. The van der Waals surface area contributed by atoms with Gasteiger partial charge in [-0.3, -0.25) is 4.79 Å². The number of fused-ring (bicyclic) bond motifs is 1. The largest absolute Gasteiger partial charge is 0.454 e. The van der Waals surface area contributed by atoms with E-state index in [1.807, 2.05) is 13.8 Å². The van der Waals surface area contributed by atoms with Gasteiger partial charge in [0, 0.05) is 24.8 Å². The number of anilines is 1. The highest BCUT2D eigenvalue weighted by atomic mass is 16.7. The van der Waals surface area contributed by atoms with Gasteiger partial charge in [-0.05, 0) is 12.0 Å². The van der Waals surface area contributed by atoms with Gasteiger partial charge in [-0.1, -0.05) is 13.8 Å². The smallest absolute Gasteiger partial charge is 0.256 e. The molecule has 112 valence electrons. The van der Waals surface area contributed by atoms with Crippen LogP contribution >= 0.6 is 0 Å². The predicted octanol–water partition coefficient (Wildman–Crippen LogP) is 2.01. The lowest BCUT2D eigenvalue weighted by Crippen LogP contribution is -2.35. The molecule has 6 nitrogen and oxygen atoms in total. The first-order valence-corrected chi connectivity index (χ1v) is 6.88. The van der Waals surface area contributed by atoms with Crippen LogP contribution in [0.4, 0.5) is 5.69 Å². The van der Waals surface area contributed by atoms with Crippen LogP contribution in [0.2, 0.25) is 0 Å². The Morgan fingerprint density at radius 2 is 2.10 bits per heavy atom. The average Bonchev–Trinajstić information content (AvgIpc) is 2.88. The zero-order valence-electron chi connectivity index (χ0n) is 12.3. The van der Waals surface area contributed by atoms with Gasteiger partial charge in [0.2, 0.25) is 6.79 Å². The van der Waals surface area contributed by atoms with Crippen LogP contribution in [0.3, 0.4) is 0 Å². The Morgan fingerprint density at radius 3 is 2.71 bits per heavy atom. The molecule has 0 saturated heterocycles. The minimum absolute atomic E-state index is 0.135. The van der Waals surface area contributed by atoms with Crippen molar-refractivity contribution in [1.29, 1.82) is 5.26 Å². The minimum Gasteiger partial charge on any atom is -0.454 e. The van der Waals surface area contributed by atoms with Crippen molar-refractivity contribution in [2.24, 2.45) is 5.92 Å². The minimum atomic E-state index is -0.185. The summed E-state index contributed by atoms with van der Waals surface area (Å²) in [5, 5.41) is 8.73. The number of hydrogen-bond acceptors (Lipinski definition) is 5. The lowest BCUT2D eigenvalue weighted by atomic mass is 10.1. The second kappa shape index (κ2) is 6.35. The molecule has 2 N–H and O–H groups in total. The highest BCUT2D eigenvalue weighted by Gasteiger charge is 2.23. The number of carbonyl (C=O) groups is 1. The topological polar surface area (TPSA) is 88.6 Å². The first-order chi connectivity index (χ1) is 10.0. The molecule has 1 aliphatic heterocycles. The summed E-state index contributed by atoms with van der Waals surface area (Å²) >= 11 is 0. The molecule has 0 unspecified atom stereocenters. The molecule has 0 aliphatic carbocycles. The van der Waals surface area contributed by atoms with Gasteiger partial charge in [0.05, 0.1) is 18.1 Å². The molecule has 2 rings (SSSR count). The first-order valence-electron chi connectivity index (χ1n) is 6.88. The van der Waals surface area contributed by atoms with Crippen LogP contribution in [-0.4, -0.2) is 30.7 Å². The lowest BCUT2D eigenvalue weighted by Gasteiger charge is -2.24. The van der Waals surface area contributed by atoms with Gasteiger partial charge in [-0.15, -0.1) is 0 Å². The maximum Gasteiger partial charge on any atom is 0.256 e. The predicted molar refractivity (Wildman–Crippen MR) is 77.9 cm³/mol. The molecule has 1 heterocycles. The van der Waals surface area contributed by atoms with Crippen LogP contribution in [0.15, 0.2) is 12.1 Å². The number of ether oxygens (including phenoxy) is 2. The van der Waals surface area contributed by atoms with Gasteiger partial charge in [0.25, 0.3) is 5.91 Å². The van der Waals surface area contributed by atoms with E-state index in [4.69, 9.17) is 20.5 Å². The van der Waals surface area contributed by atoms with Crippen molar-refractivity contribution < 1.29 is 14.3 Å². The monoisotopic (exact) mass is 289 g/mol. The standard InChI is InChI=1S/C15H19N3O3/c1-10(2)8-18(5-3-4-16)15(19)11-6-13-14(7-12(11)17)21-9-20-13/h6-7,10H,3,5,8-9,17H2,1-2H3. The van der Waals surface area contributed by atoms with Crippen molar-refractivity contribution in [1.82, 2.24) is 4.90 Å². The normalized spacial score (nSPS) is 12.3. The molecule has 1 aromatic carbocycles. The summed E-state index contributed by atoms with van der Waals surface area (Å²) in [4.78, 5) is 14.3. The maximum absolute atomic E-state index is 12.6. The van der Waals surface area contributed by atoms with Crippen molar-refractivity contribution >= 4 is 11.6 Å². The maximum atomic E-state index is 12.6. The fourth-order valence-electron chi connectivity index (χ4n) is 2.21. The Morgan fingerprint density at radius 1 is 1.43 bits per heavy atom. The van der Waals surface area contributed by atoms with Gasteiger partial charge in [0.1, 0.15) is 0 Å². The van der Waals surface area contributed by atoms with Crippen molar-refractivity contribution in [2.45, 2.75) is 20.3 Å². The number of carbonyl (C=O) groups excluding carboxylic acids is 1. The van der Waals surface area contributed by atoms with Crippen molar-refractivity contribution in [2.75, 3.05) is 25.6 Å². The molecule has 1 aliphatic rings. The third-order valence-corrected chi connectivity index (χ3v) is 3.14. The van der Waals surface area contributed by atoms with Crippen LogP contribution in [-0.2, 0) is 0 Å². The van der Waals surface area contributed by atoms with E-state index in [0.717, 1.165) is 0 Å². The van der Waals surface area contributed by atoms with Crippen LogP contribution in [0.1, 0.15) is 30.6 Å². The molecule has 0 spiro atoms. The van der Waals surface area contributed by atoms with E-state index >= 15 is 0 Å². The number of amides is 1. The Hall–Kier alpha value is -2.42. The van der Waals surface area contributed by atoms with Crippen molar-refractivity contribution in [3.63, 3.8) is 0 Å². The summed E-state index contributed by atoms with van der Waals surface area (Å²) in [6.45, 7) is 5.15. The summed E-state index contributed by atoms with van der Waals surface area (Å²) in [5.74, 6) is 1.20. The quantitative estimate of drug-likeness (QED) is 0.838. The molecule has 21 heavy (non-hydrogen) atoms. The molecule has 1 aromatic rings. The van der Waals surface area contributed by atoms with Gasteiger partial charge in [-0.2, -0.15) is 5.26 Å². The van der Waals surface area contributed by atoms with E-state index in [-0.39, 0.29) is 12.7 Å². The molecular formula is C15H19N3O3. The van der Waals surface area contributed by atoms with Crippen molar-refractivity contribution in [3.05, 3.63) is 17.7 Å². The Bertz CT molecular complexity index is 578. The molecular weight excluding hydrogens is 270 g/mol. The number of nitrogen functional groups attached to an aromatic ring is 1. The van der Waals surface area contributed by atoms with E-state index in [2.05, 4.69) is 6.07 Å². The van der Waals surface area contributed by atoms with E-state index in [1.165, 1.54) is 0 Å². The number of hydrogen-bond donors (Lipinski definition) is 1. The molecule has 1 amide bonds. The number of rotatable bonds is 5. The zero-order chi connectivity index (χ0) is 15.4. The number of nitrogens with zero attached hydrogens (tertiary/aromatic N) is 2. The first kappa shape index (κ1) is 15.0. The highest BCUT2D eigenvalue weighted by Crippen LogP contribution is 2.36. The lowest BCUT2D eigenvalue weighted by molar-refractivity contribution is 0.0740. The molecule has 6 heteroatoms. The van der Waals surface area contributed by atoms with Gasteiger partial charge < -0.3 is 20.1 Å². The summed E-state index contributed by atoms with van der Waals surface area (Å²) in [7, 11) is 0. The Kier molecular flexibility index (Phi) is 4.53. The fourth-order valence-corrected chi connectivity index (χ4v) is 2.21. The SMILES string of the molecule is CC(C)CN(CCC#N)C(=O)c1cc2c(cc1N)OCO2. The highest BCUT2D eigenvalue weighted by molar-refractivity contribution is 6.00.